The number of hydrogen-bond donors (Lipinski definition) is 3. The lowest BCUT2D eigenvalue weighted by Gasteiger charge is -2.13. The smallest absolute Gasteiger partial charge is 0.257 e. The molecule has 0 aromatic heterocycles. The van der Waals surface area contributed by atoms with Gasteiger partial charge in [-0.05, 0) is 25.1 Å². The molecule has 1 heterocycles. The van der Waals surface area contributed by atoms with Gasteiger partial charge < -0.3 is 21.1 Å². The predicted molar refractivity (Wildman–Crippen MR) is 107 cm³/mol. The summed E-state index contributed by atoms with van der Waals surface area (Å²) in [5.74, 6) is -0.0448. The van der Waals surface area contributed by atoms with Gasteiger partial charge in [0.25, 0.3) is 5.91 Å². The molecule has 27 heavy (non-hydrogen) atoms. The molecule has 0 saturated carbocycles. The van der Waals surface area contributed by atoms with E-state index in [1.165, 1.54) is 0 Å². The van der Waals surface area contributed by atoms with Gasteiger partial charge in [0.1, 0.15) is 5.76 Å². The maximum absolute atomic E-state index is 12.3. The van der Waals surface area contributed by atoms with E-state index in [9.17, 15) is 9.59 Å². The fourth-order valence-electron chi connectivity index (χ4n) is 2.50. The minimum atomic E-state index is -0.281. The highest BCUT2D eigenvalue weighted by molar-refractivity contribution is 6.18. The molecule has 1 aromatic carbocycles. The molecular formula is C20H24N4O3. The van der Waals surface area contributed by atoms with E-state index in [4.69, 9.17) is 10.5 Å². The highest BCUT2D eigenvalue weighted by atomic mass is 16.5. The van der Waals surface area contributed by atoms with Gasteiger partial charge in [0, 0.05) is 18.7 Å². The number of para-hydroxylation sites is 2. The zero-order valence-corrected chi connectivity index (χ0v) is 15.3. The molecule has 142 valence electrons. The number of amides is 2. The number of nitrogens with one attached hydrogen (secondary N) is 2. The standard InChI is InChI=1S/C20H24N4O3/c1-3-7-18(27-13-20(26)22-11-10-21)14(4-2)17-12-19(25)24-16-9-6-5-8-15(16)23-17/h3-9H,2,10-13,21H2,1H3,(H,22,26)(H,24,25)/b7-3-,18-14-. The van der Waals surface area contributed by atoms with E-state index in [0.29, 0.717) is 41.5 Å². The summed E-state index contributed by atoms with van der Waals surface area (Å²) >= 11 is 0. The van der Waals surface area contributed by atoms with Gasteiger partial charge in [0.05, 0.1) is 23.5 Å². The summed E-state index contributed by atoms with van der Waals surface area (Å²) in [6.45, 7) is 6.21. The Labute approximate surface area is 158 Å². The first-order valence-electron chi connectivity index (χ1n) is 8.64. The summed E-state index contributed by atoms with van der Waals surface area (Å²) < 4.78 is 5.67. The second-order valence-electron chi connectivity index (χ2n) is 5.71. The fraction of sp³-hybridized carbons (Fsp3) is 0.250. The van der Waals surface area contributed by atoms with Crippen molar-refractivity contribution in [3.63, 3.8) is 0 Å². The lowest BCUT2D eigenvalue weighted by atomic mass is 10.1. The van der Waals surface area contributed by atoms with Crippen molar-refractivity contribution < 1.29 is 14.3 Å². The number of benzene rings is 1. The van der Waals surface area contributed by atoms with Crippen molar-refractivity contribution in [2.75, 3.05) is 25.0 Å². The molecule has 1 aliphatic heterocycles. The number of fused-ring (bicyclic) bond motifs is 1. The topological polar surface area (TPSA) is 106 Å². The third kappa shape index (κ3) is 5.65. The Morgan fingerprint density at radius 2 is 2.22 bits per heavy atom. The maximum atomic E-state index is 12.3. The average molecular weight is 368 g/mol. The largest absolute Gasteiger partial charge is 0.483 e. The Morgan fingerprint density at radius 1 is 1.44 bits per heavy atom. The molecule has 0 atom stereocenters. The Balaban J connectivity index is 2.36. The maximum Gasteiger partial charge on any atom is 0.257 e. The van der Waals surface area contributed by atoms with Gasteiger partial charge in [-0.25, -0.2) is 4.99 Å². The van der Waals surface area contributed by atoms with Gasteiger partial charge in [-0.1, -0.05) is 30.9 Å². The first kappa shape index (κ1) is 20.1. The number of nitrogens with two attached hydrogens (primary N) is 1. The summed E-state index contributed by atoms with van der Waals surface area (Å²) in [7, 11) is 0. The van der Waals surface area contributed by atoms with Crippen molar-refractivity contribution in [1.82, 2.24) is 5.32 Å². The number of aliphatic imine (C=N–C) groups is 1. The normalized spacial score (nSPS) is 14.4. The first-order chi connectivity index (χ1) is 13.1. The number of ether oxygens (including phenoxy) is 1. The van der Waals surface area contributed by atoms with E-state index >= 15 is 0 Å². The zero-order chi connectivity index (χ0) is 19.6. The summed E-state index contributed by atoms with van der Waals surface area (Å²) in [6.07, 6.45) is 5.14. The Hall–Kier alpha value is -3.19. The van der Waals surface area contributed by atoms with Gasteiger partial charge in [0.15, 0.2) is 6.61 Å². The molecule has 2 rings (SSSR count). The van der Waals surface area contributed by atoms with E-state index in [2.05, 4.69) is 22.2 Å². The van der Waals surface area contributed by atoms with E-state index in [0.717, 1.165) is 0 Å². The lowest BCUT2D eigenvalue weighted by molar-refractivity contribution is -0.124. The predicted octanol–water partition coefficient (Wildman–Crippen LogP) is 2.21. The van der Waals surface area contributed by atoms with Crippen LogP contribution in [0.15, 0.2) is 65.4 Å². The molecule has 1 aromatic rings. The van der Waals surface area contributed by atoms with Gasteiger partial charge in [0.2, 0.25) is 5.91 Å². The third-order valence-corrected chi connectivity index (χ3v) is 3.69. The van der Waals surface area contributed by atoms with Crippen LogP contribution in [0.2, 0.25) is 0 Å². The van der Waals surface area contributed by atoms with Gasteiger partial charge >= 0.3 is 0 Å². The molecule has 7 heteroatoms. The van der Waals surface area contributed by atoms with E-state index in [-0.39, 0.29) is 24.8 Å². The highest BCUT2D eigenvalue weighted by Crippen LogP contribution is 2.29. The molecule has 4 N–H and O–H groups in total. The fourth-order valence-corrected chi connectivity index (χ4v) is 2.50. The van der Waals surface area contributed by atoms with Crippen LogP contribution in [0.4, 0.5) is 11.4 Å². The van der Waals surface area contributed by atoms with Crippen molar-refractivity contribution in [3.05, 3.63) is 60.4 Å². The number of carbonyl (C=O) groups excluding carboxylic acids is 2. The van der Waals surface area contributed by atoms with Crippen molar-refractivity contribution in [1.29, 1.82) is 0 Å². The molecule has 0 unspecified atom stereocenters. The van der Waals surface area contributed by atoms with E-state index < -0.39 is 0 Å². The monoisotopic (exact) mass is 368 g/mol. The molecule has 2 amide bonds. The summed E-state index contributed by atoms with van der Waals surface area (Å²) in [5.41, 5.74) is 7.75. The number of carbonyl (C=O) groups is 2. The Morgan fingerprint density at radius 3 is 2.93 bits per heavy atom. The highest BCUT2D eigenvalue weighted by Gasteiger charge is 2.20. The van der Waals surface area contributed by atoms with E-state index in [1.54, 1.807) is 24.3 Å². The van der Waals surface area contributed by atoms with Crippen molar-refractivity contribution in [2.24, 2.45) is 10.7 Å². The van der Waals surface area contributed by atoms with E-state index in [1.807, 2.05) is 25.1 Å². The summed E-state index contributed by atoms with van der Waals surface area (Å²) in [6, 6.07) is 7.29. The molecule has 0 spiro atoms. The lowest BCUT2D eigenvalue weighted by Crippen LogP contribution is -2.32. The van der Waals surface area contributed by atoms with Crippen LogP contribution in [-0.4, -0.2) is 37.2 Å². The number of rotatable bonds is 8. The van der Waals surface area contributed by atoms with Crippen LogP contribution < -0.4 is 16.4 Å². The minimum Gasteiger partial charge on any atom is -0.483 e. The molecule has 0 radical (unpaired) electrons. The van der Waals surface area contributed by atoms with Crippen LogP contribution in [0.25, 0.3) is 0 Å². The Kier molecular flexibility index (Phi) is 7.51. The van der Waals surface area contributed by atoms with Crippen LogP contribution in [0.5, 0.6) is 0 Å². The zero-order valence-electron chi connectivity index (χ0n) is 15.3. The molecule has 0 bridgehead atoms. The molecule has 1 aliphatic rings. The van der Waals surface area contributed by atoms with Crippen LogP contribution in [0.3, 0.4) is 0 Å². The number of nitrogens with zero attached hydrogens (tertiary/aromatic N) is 1. The second kappa shape index (κ2) is 10.1. The van der Waals surface area contributed by atoms with Crippen molar-refractivity contribution >= 4 is 28.9 Å². The summed E-state index contributed by atoms with van der Waals surface area (Å²) in [4.78, 5) is 28.7. The van der Waals surface area contributed by atoms with Crippen LogP contribution in [0.1, 0.15) is 13.3 Å². The Bertz CT molecular complexity index is 809. The number of allylic oxidation sites excluding steroid dienone is 4. The molecular weight excluding hydrogens is 344 g/mol. The first-order valence-corrected chi connectivity index (χ1v) is 8.64. The number of hydrogen-bond acceptors (Lipinski definition) is 5. The van der Waals surface area contributed by atoms with Crippen molar-refractivity contribution in [3.8, 4) is 0 Å². The minimum absolute atomic E-state index is 0.0693. The molecule has 0 aliphatic carbocycles. The number of anilines is 1. The summed E-state index contributed by atoms with van der Waals surface area (Å²) in [5, 5.41) is 5.47. The molecule has 0 fully saturated rings. The average Bonchev–Trinajstić information content (AvgIpc) is 2.82. The van der Waals surface area contributed by atoms with Gasteiger partial charge in [-0.15, -0.1) is 0 Å². The van der Waals surface area contributed by atoms with Crippen molar-refractivity contribution in [2.45, 2.75) is 13.3 Å². The quantitative estimate of drug-likeness (QED) is 0.483. The second-order valence-corrected chi connectivity index (χ2v) is 5.71. The van der Waals surface area contributed by atoms with Gasteiger partial charge in [-0.3, -0.25) is 9.59 Å². The van der Waals surface area contributed by atoms with Gasteiger partial charge in [-0.2, -0.15) is 0 Å². The SMILES string of the molecule is C=C/C(C1=Nc2ccccc2NC(=O)C1)=C(\C=C/C)OCC(=O)NCCN. The van der Waals surface area contributed by atoms with Crippen LogP contribution in [-0.2, 0) is 14.3 Å². The third-order valence-electron chi connectivity index (χ3n) is 3.69. The molecule has 0 saturated heterocycles. The van der Waals surface area contributed by atoms with Crippen LogP contribution >= 0.6 is 0 Å². The van der Waals surface area contributed by atoms with Crippen LogP contribution in [0, 0.1) is 0 Å². The molecule has 7 nitrogen and oxygen atoms in total.